The number of sulfonamides is 1. The van der Waals surface area contributed by atoms with Gasteiger partial charge in [0, 0.05) is 13.1 Å². The Kier molecular flexibility index (Phi) is 6.66. The van der Waals surface area contributed by atoms with Gasteiger partial charge in [0.15, 0.2) is 6.61 Å². The molecule has 1 atom stereocenters. The maximum Gasteiger partial charge on any atom is 0.338 e. The van der Waals surface area contributed by atoms with E-state index in [-0.39, 0.29) is 16.5 Å². The molecule has 2 aromatic rings. The Hall–Kier alpha value is -2.71. The number of benzene rings is 2. The molecule has 1 aliphatic rings. The lowest BCUT2D eigenvalue weighted by Gasteiger charge is -2.15. The predicted octanol–water partition coefficient (Wildman–Crippen LogP) is 2.51. The van der Waals surface area contributed by atoms with Crippen molar-refractivity contribution < 1.29 is 22.7 Å². The number of nitrogens with zero attached hydrogens (tertiary/aromatic N) is 1. The molecule has 2 aromatic carbocycles. The highest BCUT2D eigenvalue weighted by Crippen LogP contribution is 2.21. The monoisotopic (exact) mass is 416 g/mol. The number of hydrogen-bond donors (Lipinski definition) is 1. The predicted molar refractivity (Wildman–Crippen MR) is 108 cm³/mol. The van der Waals surface area contributed by atoms with Crippen LogP contribution in [-0.4, -0.2) is 44.3 Å². The SMILES string of the molecule is CC(NC(=O)COC(=O)c1ccc(S(=O)(=O)N2CCCC2)cc1)c1ccccc1. The van der Waals surface area contributed by atoms with Crippen molar-refractivity contribution in [2.24, 2.45) is 0 Å². The molecule has 154 valence electrons. The molecule has 0 aromatic heterocycles. The highest BCUT2D eigenvalue weighted by atomic mass is 32.2. The molecule has 0 saturated carbocycles. The molecule has 1 saturated heterocycles. The Morgan fingerprint density at radius 3 is 2.28 bits per heavy atom. The van der Waals surface area contributed by atoms with Crippen LogP contribution in [0.2, 0.25) is 0 Å². The first-order valence-electron chi connectivity index (χ1n) is 9.49. The largest absolute Gasteiger partial charge is 0.452 e. The van der Waals surface area contributed by atoms with Crippen molar-refractivity contribution in [1.29, 1.82) is 0 Å². The maximum atomic E-state index is 12.5. The van der Waals surface area contributed by atoms with Crippen LogP contribution in [0.5, 0.6) is 0 Å². The summed E-state index contributed by atoms with van der Waals surface area (Å²) in [4.78, 5) is 24.3. The summed E-state index contributed by atoms with van der Waals surface area (Å²) < 4.78 is 31.5. The highest BCUT2D eigenvalue weighted by Gasteiger charge is 2.27. The summed E-state index contributed by atoms with van der Waals surface area (Å²) >= 11 is 0. The first kappa shape index (κ1) is 21.0. The van der Waals surface area contributed by atoms with Crippen LogP contribution in [0.25, 0.3) is 0 Å². The zero-order chi connectivity index (χ0) is 20.9. The van der Waals surface area contributed by atoms with Crippen molar-refractivity contribution in [2.45, 2.75) is 30.7 Å². The van der Waals surface area contributed by atoms with E-state index in [4.69, 9.17) is 4.74 Å². The van der Waals surface area contributed by atoms with E-state index in [1.54, 1.807) is 0 Å². The number of ether oxygens (including phenoxy) is 1. The molecule has 29 heavy (non-hydrogen) atoms. The third-order valence-corrected chi connectivity index (χ3v) is 6.72. The molecule has 1 N–H and O–H groups in total. The van der Waals surface area contributed by atoms with E-state index in [2.05, 4.69) is 5.32 Å². The van der Waals surface area contributed by atoms with Gasteiger partial charge in [0.25, 0.3) is 5.91 Å². The fourth-order valence-electron chi connectivity index (χ4n) is 3.16. The lowest BCUT2D eigenvalue weighted by atomic mass is 10.1. The summed E-state index contributed by atoms with van der Waals surface area (Å²) in [5.41, 5.74) is 1.14. The minimum Gasteiger partial charge on any atom is -0.452 e. The number of esters is 1. The van der Waals surface area contributed by atoms with Gasteiger partial charge in [0.1, 0.15) is 0 Å². The van der Waals surface area contributed by atoms with Gasteiger partial charge in [-0.05, 0) is 49.6 Å². The highest BCUT2D eigenvalue weighted by molar-refractivity contribution is 7.89. The van der Waals surface area contributed by atoms with Crippen molar-refractivity contribution in [3.05, 3.63) is 65.7 Å². The standard InChI is InChI=1S/C21H24N2O5S/c1-16(17-7-3-2-4-8-17)22-20(24)15-28-21(25)18-9-11-19(12-10-18)29(26,27)23-13-5-6-14-23/h2-4,7-12,16H,5-6,13-15H2,1H3,(H,22,24). The van der Waals surface area contributed by atoms with Gasteiger partial charge in [-0.15, -0.1) is 0 Å². The molecule has 7 nitrogen and oxygen atoms in total. The second-order valence-electron chi connectivity index (χ2n) is 6.91. The summed E-state index contributed by atoms with van der Waals surface area (Å²) in [5, 5.41) is 2.76. The smallest absolute Gasteiger partial charge is 0.338 e. The van der Waals surface area contributed by atoms with Crippen molar-refractivity contribution in [3.8, 4) is 0 Å². The molecule has 1 unspecified atom stereocenters. The van der Waals surface area contributed by atoms with Gasteiger partial charge in [0.05, 0.1) is 16.5 Å². The van der Waals surface area contributed by atoms with Gasteiger partial charge in [-0.2, -0.15) is 4.31 Å². The summed E-state index contributed by atoms with van der Waals surface area (Å²) in [6, 6.07) is 14.8. The minimum absolute atomic E-state index is 0.144. The zero-order valence-corrected chi connectivity index (χ0v) is 17.0. The Labute approximate surface area is 170 Å². The Morgan fingerprint density at radius 1 is 1.03 bits per heavy atom. The molecule has 8 heteroatoms. The quantitative estimate of drug-likeness (QED) is 0.700. The molecule has 1 heterocycles. The third kappa shape index (κ3) is 5.21. The number of rotatable bonds is 7. The minimum atomic E-state index is -3.53. The second-order valence-corrected chi connectivity index (χ2v) is 8.85. The van der Waals surface area contributed by atoms with Gasteiger partial charge >= 0.3 is 5.97 Å². The average Bonchev–Trinajstić information content (AvgIpc) is 3.28. The summed E-state index contributed by atoms with van der Waals surface area (Å²) in [7, 11) is -3.53. The third-order valence-electron chi connectivity index (χ3n) is 4.80. The summed E-state index contributed by atoms with van der Waals surface area (Å²) in [6.45, 7) is 2.46. The van der Waals surface area contributed by atoms with Crippen LogP contribution in [0, 0.1) is 0 Å². The van der Waals surface area contributed by atoms with Crippen LogP contribution in [0.3, 0.4) is 0 Å². The summed E-state index contributed by atoms with van der Waals surface area (Å²) in [5.74, 6) is -1.10. The lowest BCUT2D eigenvalue weighted by molar-refractivity contribution is -0.124. The van der Waals surface area contributed by atoms with Crippen LogP contribution in [0.4, 0.5) is 0 Å². The molecule has 0 spiro atoms. The fourth-order valence-corrected chi connectivity index (χ4v) is 4.68. The number of carbonyl (C=O) groups excluding carboxylic acids is 2. The van der Waals surface area contributed by atoms with Gasteiger partial charge < -0.3 is 10.1 Å². The van der Waals surface area contributed by atoms with Crippen LogP contribution < -0.4 is 5.32 Å². The first-order chi connectivity index (χ1) is 13.9. The van der Waals surface area contributed by atoms with Gasteiger partial charge in [-0.1, -0.05) is 30.3 Å². The molecular weight excluding hydrogens is 392 g/mol. The van der Waals surface area contributed by atoms with E-state index in [1.807, 2.05) is 37.3 Å². The molecule has 0 radical (unpaired) electrons. The van der Waals surface area contributed by atoms with Gasteiger partial charge in [-0.3, -0.25) is 4.79 Å². The number of hydrogen-bond acceptors (Lipinski definition) is 5. The van der Waals surface area contributed by atoms with Crippen molar-refractivity contribution in [3.63, 3.8) is 0 Å². The normalized spacial score (nSPS) is 15.6. The van der Waals surface area contributed by atoms with Crippen LogP contribution >= 0.6 is 0 Å². The number of amides is 1. The molecular formula is C21H24N2O5S. The Balaban J connectivity index is 1.53. The lowest BCUT2D eigenvalue weighted by Crippen LogP contribution is -2.31. The van der Waals surface area contributed by atoms with Crippen LogP contribution in [-0.2, 0) is 19.6 Å². The second kappa shape index (κ2) is 9.19. The van der Waals surface area contributed by atoms with E-state index in [9.17, 15) is 18.0 Å². The molecule has 1 fully saturated rings. The van der Waals surface area contributed by atoms with E-state index in [1.165, 1.54) is 28.6 Å². The van der Waals surface area contributed by atoms with E-state index < -0.39 is 28.5 Å². The van der Waals surface area contributed by atoms with Crippen LogP contribution in [0.1, 0.15) is 41.7 Å². The zero-order valence-electron chi connectivity index (χ0n) is 16.2. The fraction of sp³-hybridized carbons (Fsp3) is 0.333. The Bertz CT molecular complexity index is 952. The van der Waals surface area contributed by atoms with E-state index in [0.29, 0.717) is 13.1 Å². The van der Waals surface area contributed by atoms with Gasteiger partial charge in [0.2, 0.25) is 10.0 Å². The van der Waals surface area contributed by atoms with Crippen LogP contribution in [0.15, 0.2) is 59.5 Å². The maximum absolute atomic E-state index is 12.5. The van der Waals surface area contributed by atoms with Crippen molar-refractivity contribution in [2.75, 3.05) is 19.7 Å². The first-order valence-corrected chi connectivity index (χ1v) is 10.9. The Morgan fingerprint density at radius 2 is 1.66 bits per heavy atom. The van der Waals surface area contributed by atoms with Crippen molar-refractivity contribution >= 4 is 21.9 Å². The molecule has 1 amide bonds. The van der Waals surface area contributed by atoms with Crippen molar-refractivity contribution in [1.82, 2.24) is 9.62 Å². The molecule has 0 bridgehead atoms. The van der Waals surface area contributed by atoms with E-state index >= 15 is 0 Å². The molecule has 3 rings (SSSR count). The van der Waals surface area contributed by atoms with E-state index in [0.717, 1.165) is 18.4 Å². The van der Waals surface area contributed by atoms with Gasteiger partial charge in [-0.25, -0.2) is 13.2 Å². The number of carbonyl (C=O) groups is 2. The average molecular weight is 416 g/mol. The number of nitrogens with one attached hydrogen (secondary N) is 1. The molecule has 1 aliphatic heterocycles. The summed E-state index contributed by atoms with van der Waals surface area (Å²) in [6.07, 6.45) is 1.71. The topological polar surface area (TPSA) is 92.8 Å². The molecule has 0 aliphatic carbocycles.